The van der Waals surface area contributed by atoms with Gasteiger partial charge in [0.2, 0.25) is 0 Å². The molecule has 0 amide bonds. The van der Waals surface area contributed by atoms with E-state index >= 15 is 0 Å². The predicted molar refractivity (Wildman–Crippen MR) is 77.1 cm³/mol. The number of hydrogen-bond acceptors (Lipinski definition) is 3. The summed E-state index contributed by atoms with van der Waals surface area (Å²) in [7, 11) is 0. The maximum absolute atomic E-state index is 5.80. The molecular formula is C15H27N3O. The SMILES string of the molecule is CCC(CC)n1ccc(COCC2CCCNC2)n1. The Hall–Kier alpha value is -0.870. The maximum atomic E-state index is 5.80. The summed E-state index contributed by atoms with van der Waals surface area (Å²) in [4.78, 5) is 0. The maximum Gasteiger partial charge on any atom is 0.0906 e. The number of hydrogen-bond donors (Lipinski definition) is 1. The van der Waals surface area contributed by atoms with Crippen molar-refractivity contribution < 1.29 is 4.74 Å². The van der Waals surface area contributed by atoms with Crippen LogP contribution in [0.4, 0.5) is 0 Å². The Balaban J connectivity index is 1.73. The van der Waals surface area contributed by atoms with Gasteiger partial charge in [-0.05, 0) is 44.2 Å². The highest BCUT2D eigenvalue weighted by molar-refractivity contribution is 4.98. The Kier molecular flexibility index (Phi) is 5.86. The van der Waals surface area contributed by atoms with E-state index in [0.29, 0.717) is 18.6 Å². The Bertz CT molecular complexity index is 354. The van der Waals surface area contributed by atoms with Crippen LogP contribution in [0.1, 0.15) is 51.3 Å². The van der Waals surface area contributed by atoms with Crippen LogP contribution in [0.15, 0.2) is 12.3 Å². The predicted octanol–water partition coefficient (Wildman–Crippen LogP) is 2.76. The van der Waals surface area contributed by atoms with Gasteiger partial charge in [-0.3, -0.25) is 4.68 Å². The first kappa shape index (κ1) is 14.5. The Morgan fingerprint density at radius 2 is 2.32 bits per heavy atom. The molecule has 2 rings (SSSR count). The lowest BCUT2D eigenvalue weighted by atomic mass is 10.0. The average molecular weight is 265 g/mol. The van der Waals surface area contributed by atoms with Crippen molar-refractivity contribution in [1.29, 1.82) is 0 Å². The van der Waals surface area contributed by atoms with Crippen LogP contribution < -0.4 is 5.32 Å². The van der Waals surface area contributed by atoms with Crippen LogP contribution >= 0.6 is 0 Å². The van der Waals surface area contributed by atoms with Gasteiger partial charge in [-0.1, -0.05) is 13.8 Å². The van der Waals surface area contributed by atoms with Gasteiger partial charge in [0.1, 0.15) is 0 Å². The van der Waals surface area contributed by atoms with Gasteiger partial charge in [0.15, 0.2) is 0 Å². The molecule has 0 radical (unpaired) electrons. The summed E-state index contributed by atoms with van der Waals surface area (Å²) >= 11 is 0. The summed E-state index contributed by atoms with van der Waals surface area (Å²) in [5.41, 5.74) is 1.05. The van der Waals surface area contributed by atoms with E-state index in [9.17, 15) is 0 Å². The molecule has 1 unspecified atom stereocenters. The lowest BCUT2D eigenvalue weighted by Crippen LogP contribution is -2.32. The summed E-state index contributed by atoms with van der Waals surface area (Å²) in [6.45, 7) is 8.18. The molecular weight excluding hydrogens is 238 g/mol. The van der Waals surface area contributed by atoms with Crippen LogP contribution in [0.5, 0.6) is 0 Å². The van der Waals surface area contributed by atoms with Crippen LogP contribution in [0.2, 0.25) is 0 Å². The highest BCUT2D eigenvalue weighted by Gasteiger charge is 2.13. The Morgan fingerprint density at radius 1 is 1.47 bits per heavy atom. The molecule has 4 heteroatoms. The van der Waals surface area contributed by atoms with Gasteiger partial charge in [0.25, 0.3) is 0 Å². The molecule has 1 N–H and O–H groups in total. The van der Waals surface area contributed by atoms with Gasteiger partial charge >= 0.3 is 0 Å². The first-order chi connectivity index (χ1) is 9.33. The Labute approximate surface area is 116 Å². The summed E-state index contributed by atoms with van der Waals surface area (Å²) in [5.74, 6) is 0.676. The molecule has 1 saturated heterocycles. The van der Waals surface area contributed by atoms with E-state index in [1.54, 1.807) is 0 Å². The van der Waals surface area contributed by atoms with Crippen molar-refractivity contribution >= 4 is 0 Å². The molecule has 1 aliphatic rings. The first-order valence-corrected chi connectivity index (χ1v) is 7.66. The van der Waals surface area contributed by atoms with Crippen LogP contribution in [-0.4, -0.2) is 29.5 Å². The largest absolute Gasteiger partial charge is 0.375 e. The van der Waals surface area contributed by atoms with Gasteiger partial charge in [-0.2, -0.15) is 5.10 Å². The van der Waals surface area contributed by atoms with Gasteiger partial charge in [-0.15, -0.1) is 0 Å². The second-order valence-electron chi connectivity index (χ2n) is 5.48. The third-order valence-corrected chi connectivity index (χ3v) is 3.98. The van der Waals surface area contributed by atoms with Crippen molar-refractivity contribution in [2.75, 3.05) is 19.7 Å². The molecule has 1 fully saturated rings. The van der Waals surface area contributed by atoms with E-state index in [-0.39, 0.29) is 0 Å². The van der Waals surface area contributed by atoms with Gasteiger partial charge in [0.05, 0.1) is 24.9 Å². The lowest BCUT2D eigenvalue weighted by molar-refractivity contribution is 0.0758. The highest BCUT2D eigenvalue weighted by atomic mass is 16.5. The van der Waals surface area contributed by atoms with E-state index in [0.717, 1.165) is 38.2 Å². The molecule has 0 bridgehead atoms. The molecule has 1 aromatic heterocycles. The average Bonchev–Trinajstić information content (AvgIpc) is 2.90. The number of nitrogens with one attached hydrogen (secondary N) is 1. The van der Waals surface area contributed by atoms with Crippen LogP contribution in [0.25, 0.3) is 0 Å². The molecule has 2 heterocycles. The Morgan fingerprint density at radius 3 is 3.00 bits per heavy atom. The highest BCUT2D eigenvalue weighted by Crippen LogP contribution is 2.15. The molecule has 0 spiro atoms. The van der Waals surface area contributed by atoms with E-state index in [4.69, 9.17) is 4.74 Å². The number of piperidine rings is 1. The van der Waals surface area contributed by atoms with Crippen molar-refractivity contribution in [3.05, 3.63) is 18.0 Å². The van der Waals surface area contributed by atoms with Crippen molar-refractivity contribution in [2.45, 2.75) is 52.2 Å². The van der Waals surface area contributed by atoms with Crippen LogP contribution in [0.3, 0.4) is 0 Å². The normalized spacial score (nSPS) is 20.1. The third-order valence-electron chi connectivity index (χ3n) is 3.98. The minimum absolute atomic E-state index is 0.524. The number of aromatic nitrogens is 2. The summed E-state index contributed by atoms with van der Waals surface area (Å²) in [6.07, 6.45) is 6.91. The van der Waals surface area contributed by atoms with E-state index < -0.39 is 0 Å². The first-order valence-electron chi connectivity index (χ1n) is 7.66. The molecule has 1 atom stereocenters. The van der Waals surface area contributed by atoms with Crippen LogP contribution in [0, 0.1) is 5.92 Å². The minimum Gasteiger partial charge on any atom is -0.375 e. The molecule has 108 valence electrons. The molecule has 0 aliphatic carbocycles. The number of rotatable bonds is 7. The topological polar surface area (TPSA) is 39.1 Å². The smallest absolute Gasteiger partial charge is 0.0906 e. The standard InChI is InChI=1S/C15H27N3O/c1-3-15(4-2)18-9-7-14(17-18)12-19-11-13-6-5-8-16-10-13/h7,9,13,15-16H,3-6,8,10-12H2,1-2H3. The monoisotopic (exact) mass is 265 g/mol. The molecule has 1 aliphatic heterocycles. The fraction of sp³-hybridized carbons (Fsp3) is 0.800. The zero-order valence-corrected chi connectivity index (χ0v) is 12.3. The number of ether oxygens (including phenoxy) is 1. The summed E-state index contributed by atoms with van der Waals surface area (Å²) in [6, 6.07) is 2.61. The third kappa shape index (κ3) is 4.32. The van der Waals surface area contributed by atoms with Gasteiger partial charge in [0, 0.05) is 12.7 Å². The van der Waals surface area contributed by atoms with Crippen LogP contribution in [-0.2, 0) is 11.3 Å². The lowest BCUT2D eigenvalue weighted by Gasteiger charge is -2.22. The zero-order chi connectivity index (χ0) is 13.5. The van der Waals surface area contributed by atoms with Crippen molar-refractivity contribution in [1.82, 2.24) is 15.1 Å². The van der Waals surface area contributed by atoms with Crippen molar-refractivity contribution in [2.24, 2.45) is 5.92 Å². The molecule has 19 heavy (non-hydrogen) atoms. The zero-order valence-electron chi connectivity index (χ0n) is 12.3. The van der Waals surface area contributed by atoms with E-state index in [2.05, 4.69) is 41.2 Å². The molecule has 1 aromatic rings. The van der Waals surface area contributed by atoms with E-state index in [1.807, 2.05) is 0 Å². The second-order valence-corrected chi connectivity index (χ2v) is 5.48. The fourth-order valence-electron chi connectivity index (χ4n) is 2.72. The summed E-state index contributed by atoms with van der Waals surface area (Å²) < 4.78 is 7.89. The summed E-state index contributed by atoms with van der Waals surface area (Å²) in [5, 5.41) is 8.03. The second kappa shape index (κ2) is 7.65. The van der Waals surface area contributed by atoms with E-state index in [1.165, 1.54) is 12.8 Å². The molecule has 0 saturated carbocycles. The minimum atomic E-state index is 0.524. The molecule has 0 aromatic carbocycles. The number of nitrogens with zero attached hydrogens (tertiary/aromatic N) is 2. The molecule has 4 nitrogen and oxygen atoms in total. The van der Waals surface area contributed by atoms with Gasteiger partial charge < -0.3 is 10.1 Å². The van der Waals surface area contributed by atoms with Crippen molar-refractivity contribution in [3.8, 4) is 0 Å². The van der Waals surface area contributed by atoms with Gasteiger partial charge in [-0.25, -0.2) is 0 Å². The quantitative estimate of drug-likeness (QED) is 0.824. The van der Waals surface area contributed by atoms with Crippen molar-refractivity contribution in [3.63, 3.8) is 0 Å². The fourth-order valence-corrected chi connectivity index (χ4v) is 2.72.